The van der Waals surface area contributed by atoms with Crippen molar-refractivity contribution in [3.63, 3.8) is 0 Å². The third-order valence-electron chi connectivity index (χ3n) is 1.59. The number of nitrogens with zero attached hydrogens (tertiary/aromatic N) is 3. The molecule has 1 aromatic heterocycles. The number of urea groups is 1. The Labute approximate surface area is 109 Å². The van der Waals surface area contributed by atoms with Crippen molar-refractivity contribution in [2.24, 2.45) is 0 Å². The van der Waals surface area contributed by atoms with Gasteiger partial charge in [-0.3, -0.25) is 5.32 Å². The molecule has 1 rings (SSSR count). The first-order chi connectivity index (χ1) is 7.27. The molecule has 0 saturated heterocycles. The summed E-state index contributed by atoms with van der Waals surface area (Å²) in [5.41, 5.74) is 0. The molecular weight excluding hydrogens is 348 g/mol. The highest BCUT2D eigenvalue weighted by Gasteiger charge is 2.12. The lowest BCUT2D eigenvalue weighted by molar-refractivity contribution is 0.218. The Morgan fingerprint density at radius 3 is 2.60 bits per heavy atom. The number of nitrogens with one attached hydrogen (secondary N) is 1. The van der Waals surface area contributed by atoms with E-state index in [1.165, 1.54) is 6.20 Å². The summed E-state index contributed by atoms with van der Waals surface area (Å²) in [6, 6.07) is -0.125. The van der Waals surface area contributed by atoms with E-state index in [9.17, 15) is 4.79 Å². The van der Waals surface area contributed by atoms with Gasteiger partial charge in [0.1, 0.15) is 5.00 Å². The highest BCUT2D eigenvalue weighted by molar-refractivity contribution is 9.09. The van der Waals surface area contributed by atoms with Crippen molar-refractivity contribution >= 4 is 54.4 Å². The number of rotatable bonds is 5. The summed E-state index contributed by atoms with van der Waals surface area (Å²) in [7, 11) is 0. The van der Waals surface area contributed by atoms with Crippen molar-refractivity contribution in [3.05, 3.63) is 6.20 Å². The number of carbonyl (C=O) groups excluding carboxylic acids is 1. The van der Waals surface area contributed by atoms with E-state index in [1.54, 1.807) is 4.90 Å². The molecule has 5 nitrogen and oxygen atoms in total. The monoisotopic (exact) mass is 356 g/mol. The van der Waals surface area contributed by atoms with Crippen LogP contribution < -0.4 is 5.32 Å². The fourth-order valence-electron chi connectivity index (χ4n) is 0.926. The summed E-state index contributed by atoms with van der Waals surface area (Å²) in [4.78, 5) is 13.4. The Morgan fingerprint density at radius 1 is 1.47 bits per heavy atom. The molecule has 0 spiro atoms. The normalized spacial score (nSPS) is 10.0. The quantitative estimate of drug-likeness (QED) is 0.821. The van der Waals surface area contributed by atoms with Crippen molar-refractivity contribution in [2.75, 3.05) is 29.1 Å². The number of hydrogen-bond acceptors (Lipinski definition) is 4. The minimum Gasteiger partial charge on any atom is -0.323 e. The van der Waals surface area contributed by atoms with Crippen LogP contribution in [0, 0.1) is 0 Å². The van der Waals surface area contributed by atoms with Crippen LogP contribution in [0.1, 0.15) is 0 Å². The Morgan fingerprint density at radius 2 is 2.13 bits per heavy atom. The lowest BCUT2D eigenvalue weighted by Gasteiger charge is -2.20. The molecule has 0 aromatic carbocycles. The number of alkyl halides is 2. The van der Waals surface area contributed by atoms with E-state index in [0.717, 1.165) is 22.2 Å². The molecule has 0 fully saturated rings. The first-order valence-electron chi connectivity index (χ1n) is 4.23. The molecule has 1 heterocycles. The lowest BCUT2D eigenvalue weighted by atomic mass is 10.5. The Bertz CT molecular complexity index is 289. The summed E-state index contributed by atoms with van der Waals surface area (Å²) in [6.07, 6.45) is 1.53. The zero-order chi connectivity index (χ0) is 11.1. The van der Waals surface area contributed by atoms with Gasteiger partial charge in [0.05, 0.1) is 6.20 Å². The highest BCUT2D eigenvalue weighted by atomic mass is 79.9. The Balaban J connectivity index is 2.48. The molecule has 0 aliphatic rings. The van der Waals surface area contributed by atoms with Crippen LogP contribution in [-0.2, 0) is 0 Å². The Hall–Kier alpha value is -0.210. The molecule has 0 saturated carbocycles. The predicted molar refractivity (Wildman–Crippen MR) is 68.1 cm³/mol. The third-order valence-corrected chi connectivity index (χ3v) is 2.88. The van der Waals surface area contributed by atoms with E-state index in [1.807, 2.05) is 0 Å². The number of aromatic nitrogens is 2. The molecule has 1 N–H and O–H groups in total. The molecule has 8 heteroatoms. The zero-order valence-electron chi connectivity index (χ0n) is 7.82. The van der Waals surface area contributed by atoms with Crippen LogP contribution in [0.25, 0.3) is 0 Å². The van der Waals surface area contributed by atoms with Crippen molar-refractivity contribution in [2.45, 2.75) is 0 Å². The van der Waals surface area contributed by atoms with Crippen LogP contribution in [0.4, 0.5) is 9.80 Å². The van der Waals surface area contributed by atoms with E-state index < -0.39 is 0 Å². The van der Waals surface area contributed by atoms with Gasteiger partial charge in [-0.15, -0.1) is 5.10 Å². The van der Waals surface area contributed by atoms with Gasteiger partial charge in [0.2, 0.25) is 0 Å². The third kappa shape index (κ3) is 4.43. The summed E-state index contributed by atoms with van der Waals surface area (Å²) in [5, 5.41) is 8.55. The maximum absolute atomic E-state index is 11.7. The van der Waals surface area contributed by atoms with Crippen LogP contribution in [-0.4, -0.2) is 44.3 Å². The van der Waals surface area contributed by atoms with Crippen LogP contribution >= 0.6 is 43.4 Å². The standard InChI is InChI=1S/C7H10Br2N4OS/c8-1-3-13(4-2-9)7(14)11-6-5-10-12-15-6/h5H,1-4H2,(H,11,14). The number of hydrogen-bond donors (Lipinski definition) is 1. The van der Waals surface area contributed by atoms with Crippen molar-refractivity contribution in [1.82, 2.24) is 14.5 Å². The largest absolute Gasteiger partial charge is 0.323 e. The molecule has 0 bridgehead atoms. The fraction of sp³-hybridized carbons (Fsp3) is 0.571. The van der Waals surface area contributed by atoms with Gasteiger partial charge in [0.15, 0.2) is 0 Å². The molecule has 0 radical (unpaired) electrons. The molecule has 0 atom stereocenters. The second-order valence-corrected chi connectivity index (χ2v) is 4.95. The van der Waals surface area contributed by atoms with Gasteiger partial charge in [0, 0.05) is 35.3 Å². The average Bonchev–Trinajstić information content (AvgIpc) is 2.70. The van der Waals surface area contributed by atoms with Gasteiger partial charge in [0.25, 0.3) is 0 Å². The number of amides is 2. The summed E-state index contributed by atoms with van der Waals surface area (Å²) < 4.78 is 3.67. The first kappa shape index (κ1) is 12.9. The predicted octanol–water partition coefficient (Wildman–Crippen LogP) is 2.16. The fourth-order valence-corrected chi connectivity index (χ4v) is 2.19. The van der Waals surface area contributed by atoms with Crippen molar-refractivity contribution in [1.29, 1.82) is 0 Å². The second-order valence-electron chi connectivity index (χ2n) is 2.58. The van der Waals surface area contributed by atoms with E-state index in [0.29, 0.717) is 18.1 Å². The van der Waals surface area contributed by atoms with E-state index in [2.05, 4.69) is 46.8 Å². The van der Waals surface area contributed by atoms with Gasteiger partial charge in [-0.25, -0.2) is 4.79 Å². The van der Waals surface area contributed by atoms with E-state index in [-0.39, 0.29) is 6.03 Å². The van der Waals surface area contributed by atoms with Crippen LogP contribution in [0.3, 0.4) is 0 Å². The maximum Gasteiger partial charge on any atom is 0.322 e. The zero-order valence-corrected chi connectivity index (χ0v) is 11.8. The van der Waals surface area contributed by atoms with Crippen LogP contribution in [0.15, 0.2) is 6.20 Å². The van der Waals surface area contributed by atoms with Gasteiger partial charge in [-0.05, 0) is 0 Å². The van der Waals surface area contributed by atoms with Gasteiger partial charge < -0.3 is 4.90 Å². The highest BCUT2D eigenvalue weighted by Crippen LogP contribution is 2.10. The molecular formula is C7H10Br2N4OS. The number of halogens is 2. The lowest BCUT2D eigenvalue weighted by Crippen LogP contribution is -2.37. The molecule has 1 aromatic rings. The van der Waals surface area contributed by atoms with Gasteiger partial charge >= 0.3 is 6.03 Å². The van der Waals surface area contributed by atoms with Crippen LogP contribution in [0.5, 0.6) is 0 Å². The van der Waals surface area contributed by atoms with E-state index >= 15 is 0 Å². The Kier molecular flexibility index (Phi) is 6.11. The molecule has 0 aliphatic heterocycles. The van der Waals surface area contributed by atoms with Crippen molar-refractivity contribution < 1.29 is 4.79 Å². The van der Waals surface area contributed by atoms with Gasteiger partial charge in [-0.1, -0.05) is 36.3 Å². The molecule has 84 valence electrons. The summed E-state index contributed by atoms with van der Waals surface area (Å²) in [6.45, 7) is 1.34. The number of carbonyl (C=O) groups is 1. The second kappa shape index (κ2) is 7.13. The van der Waals surface area contributed by atoms with Crippen LogP contribution in [0.2, 0.25) is 0 Å². The maximum atomic E-state index is 11.7. The molecule has 2 amide bonds. The topological polar surface area (TPSA) is 58.1 Å². The summed E-state index contributed by atoms with van der Waals surface area (Å²) >= 11 is 7.78. The molecule has 0 aliphatic carbocycles. The molecule has 0 unspecified atom stereocenters. The minimum absolute atomic E-state index is 0.125. The minimum atomic E-state index is -0.125. The van der Waals surface area contributed by atoms with E-state index in [4.69, 9.17) is 0 Å². The summed E-state index contributed by atoms with van der Waals surface area (Å²) in [5.74, 6) is 0. The number of anilines is 1. The smallest absolute Gasteiger partial charge is 0.322 e. The van der Waals surface area contributed by atoms with Gasteiger partial charge in [-0.2, -0.15) is 0 Å². The average molecular weight is 358 g/mol. The van der Waals surface area contributed by atoms with Crippen molar-refractivity contribution in [3.8, 4) is 0 Å². The first-order valence-corrected chi connectivity index (χ1v) is 7.24. The SMILES string of the molecule is O=C(Nc1cnns1)N(CCBr)CCBr. The molecule has 15 heavy (non-hydrogen) atoms.